The van der Waals surface area contributed by atoms with Crippen LogP contribution in [0.4, 0.5) is 24.0 Å². The third-order valence-corrected chi connectivity index (χ3v) is 4.01. The predicted molar refractivity (Wildman–Crippen MR) is 92.4 cm³/mol. The van der Waals surface area contributed by atoms with Crippen LogP contribution in [-0.2, 0) is 17.5 Å². The SMILES string of the molecule is O=C(Cn1ccc(C(F)(F)F)n1)Nc1ccc(C(=O)Nc2nccs2)cc1. The standard InChI is InChI=1S/C16H12F3N5O2S/c17-16(18,19)12-5-7-24(23-12)9-13(25)21-11-3-1-10(2-4-11)14(26)22-15-20-6-8-27-15/h1-8H,9H2,(H,21,25)(H,20,22,26). The Balaban J connectivity index is 1.57. The summed E-state index contributed by atoms with van der Waals surface area (Å²) in [4.78, 5) is 27.9. The largest absolute Gasteiger partial charge is 0.435 e. The van der Waals surface area contributed by atoms with Crippen molar-refractivity contribution in [2.75, 3.05) is 10.6 Å². The fraction of sp³-hybridized carbons (Fsp3) is 0.125. The highest BCUT2D eigenvalue weighted by Crippen LogP contribution is 2.27. The molecule has 0 aliphatic carbocycles. The second-order valence-corrected chi connectivity index (χ2v) is 6.21. The quantitative estimate of drug-likeness (QED) is 0.694. The van der Waals surface area contributed by atoms with Crippen LogP contribution < -0.4 is 10.6 Å². The van der Waals surface area contributed by atoms with Gasteiger partial charge >= 0.3 is 6.18 Å². The number of hydrogen-bond donors (Lipinski definition) is 2. The number of thiazole rings is 1. The first-order chi connectivity index (χ1) is 12.8. The second kappa shape index (κ2) is 7.58. The molecule has 11 heteroatoms. The topological polar surface area (TPSA) is 88.9 Å². The number of nitrogens with zero attached hydrogens (tertiary/aromatic N) is 3. The molecule has 0 atom stereocenters. The number of halogens is 3. The molecular weight excluding hydrogens is 383 g/mol. The summed E-state index contributed by atoms with van der Waals surface area (Å²) in [6.45, 7) is -0.373. The molecule has 0 bridgehead atoms. The highest BCUT2D eigenvalue weighted by Gasteiger charge is 2.33. The normalized spacial score (nSPS) is 11.2. The minimum Gasteiger partial charge on any atom is -0.324 e. The zero-order valence-electron chi connectivity index (χ0n) is 13.5. The van der Waals surface area contributed by atoms with Gasteiger partial charge in [0.15, 0.2) is 10.8 Å². The van der Waals surface area contributed by atoms with E-state index in [2.05, 4.69) is 20.7 Å². The Kier molecular flexibility index (Phi) is 5.21. The molecule has 0 unspecified atom stereocenters. The Morgan fingerprint density at radius 3 is 2.44 bits per heavy atom. The van der Waals surface area contributed by atoms with Crippen molar-refractivity contribution in [3.05, 3.63) is 59.4 Å². The molecule has 3 aromatic rings. The van der Waals surface area contributed by atoms with Crippen molar-refractivity contribution in [1.29, 1.82) is 0 Å². The lowest BCUT2D eigenvalue weighted by Crippen LogP contribution is -2.20. The maximum absolute atomic E-state index is 12.5. The molecule has 2 amide bonds. The van der Waals surface area contributed by atoms with Gasteiger partial charge in [-0.1, -0.05) is 0 Å². The van der Waals surface area contributed by atoms with Crippen molar-refractivity contribution in [3.8, 4) is 0 Å². The first-order valence-corrected chi connectivity index (χ1v) is 8.40. The average molecular weight is 395 g/mol. The van der Waals surface area contributed by atoms with Gasteiger partial charge in [0.25, 0.3) is 5.91 Å². The molecule has 7 nitrogen and oxygen atoms in total. The summed E-state index contributed by atoms with van der Waals surface area (Å²) < 4.78 is 38.4. The molecule has 0 spiro atoms. The molecule has 27 heavy (non-hydrogen) atoms. The summed E-state index contributed by atoms with van der Waals surface area (Å²) in [5.74, 6) is -0.897. The van der Waals surface area contributed by atoms with Gasteiger partial charge in [-0.3, -0.25) is 19.6 Å². The molecule has 0 fully saturated rings. The van der Waals surface area contributed by atoms with E-state index >= 15 is 0 Å². The van der Waals surface area contributed by atoms with Crippen LogP contribution in [0.15, 0.2) is 48.1 Å². The Labute approximate surface area is 154 Å². The lowest BCUT2D eigenvalue weighted by Gasteiger charge is -2.07. The Morgan fingerprint density at radius 2 is 1.85 bits per heavy atom. The predicted octanol–water partition coefficient (Wildman–Crippen LogP) is 3.25. The molecule has 0 saturated carbocycles. The van der Waals surface area contributed by atoms with Crippen LogP contribution in [0.5, 0.6) is 0 Å². The maximum Gasteiger partial charge on any atom is 0.435 e. The maximum atomic E-state index is 12.5. The van der Waals surface area contributed by atoms with E-state index in [0.717, 1.165) is 16.9 Å². The zero-order valence-corrected chi connectivity index (χ0v) is 14.3. The molecule has 3 rings (SSSR count). The van der Waals surface area contributed by atoms with E-state index in [1.807, 2.05) is 0 Å². The minimum absolute atomic E-state index is 0.348. The van der Waals surface area contributed by atoms with Gasteiger partial charge < -0.3 is 5.32 Å². The van der Waals surface area contributed by atoms with Crippen LogP contribution >= 0.6 is 11.3 Å². The van der Waals surface area contributed by atoms with E-state index in [1.54, 1.807) is 11.6 Å². The monoisotopic (exact) mass is 395 g/mol. The number of nitrogens with one attached hydrogen (secondary N) is 2. The summed E-state index contributed by atoms with van der Waals surface area (Å²) in [6, 6.07) is 6.84. The molecule has 2 N–H and O–H groups in total. The van der Waals surface area contributed by atoms with Crippen molar-refractivity contribution >= 4 is 34.0 Å². The van der Waals surface area contributed by atoms with Crippen molar-refractivity contribution in [3.63, 3.8) is 0 Å². The van der Waals surface area contributed by atoms with E-state index in [1.165, 1.54) is 35.6 Å². The molecule has 0 radical (unpaired) electrons. The van der Waals surface area contributed by atoms with Gasteiger partial charge in [-0.05, 0) is 30.3 Å². The smallest absolute Gasteiger partial charge is 0.324 e. The van der Waals surface area contributed by atoms with Crippen LogP contribution in [0.1, 0.15) is 16.1 Å². The van der Waals surface area contributed by atoms with Crippen LogP contribution in [0.2, 0.25) is 0 Å². The summed E-state index contributed by atoms with van der Waals surface area (Å²) in [6.07, 6.45) is -1.92. The van der Waals surface area contributed by atoms with Gasteiger partial charge in [0.1, 0.15) is 6.54 Å². The number of rotatable bonds is 5. The van der Waals surface area contributed by atoms with Gasteiger partial charge in [0.05, 0.1) is 0 Å². The molecule has 0 aliphatic rings. The number of amides is 2. The number of carbonyl (C=O) groups is 2. The van der Waals surface area contributed by atoms with Gasteiger partial charge in [0.2, 0.25) is 5.91 Å². The third-order valence-electron chi connectivity index (χ3n) is 3.32. The minimum atomic E-state index is -4.56. The van der Waals surface area contributed by atoms with Crippen LogP contribution in [0, 0.1) is 0 Å². The van der Waals surface area contributed by atoms with E-state index < -0.39 is 17.8 Å². The van der Waals surface area contributed by atoms with E-state index in [9.17, 15) is 22.8 Å². The molecule has 0 aliphatic heterocycles. The molecule has 140 valence electrons. The van der Waals surface area contributed by atoms with Gasteiger partial charge in [0, 0.05) is 29.0 Å². The first-order valence-electron chi connectivity index (χ1n) is 7.53. The van der Waals surface area contributed by atoms with Crippen molar-refractivity contribution in [1.82, 2.24) is 14.8 Å². The van der Waals surface area contributed by atoms with Crippen LogP contribution in [0.3, 0.4) is 0 Å². The lowest BCUT2D eigenvalue weighted by molar-refractivity contribution is -0.141. The zero-order chi connectivity index (χ0) is 19.4. The Morgan fingerprint density at radius 1 is 1.11 bits per heavy atom. The molecule has 1 aromatic carbocycles. The number of benzene rings is 1. The number of aromatic nitrogens is 3. The molecular formula is C16H12F3N5O2S. The number of anilines is 2. The van der Waals surface area contributed by atoms with Gasteiger partial charge in [-0.15, -0.1) is 11.3 Å². The number of alkyl halides is 3. The summed E-state index contributed by atoms with van der Waals surface area (Å²) in [5, 5.41) is 10.7. The average Bonchev–Trinajstić information content (AvgIpc) is 3.27. The lowest BCUT2D eigenvalue weighted by atomic mass is 10.2. The summed E-state index contributed by atoms with van der Waals surface area (Å²) in [5.41, 5.74) is -0.301. The molecule has 2 aromatic heterocycles. The fourth-order valence-electron chi connectivity index (χ4n) is 2.11. The van der Waals surface area contributed by atoms with E-state index in [0.29, 0.717) is 16.4 Å². The van der Waals surface area contributed by atoms with Crippen LogP contribution in [-0.4, -0.2) is 26.6 Å². The Hall–Kier alpha value is -3.21. The van der Waals surface area contributed by atoms with E-state index in [4.69, 9.17) is 0 Å². The summed E-state index contributed by atoms with van der Waals surface area (Å²) >= 11 is 1.28. The molecule has 2 heterocycles. The van der Waals surface area contributed by atoms with Gasteiger partial charge in [-0.25, -0.2) is 4.98 Å². The fourth-order valence-corrected chi connectivity index (χ4v) is 2.63. The highest BCUT2D eigenvalue weighted by atomic mass is 32.1. The number of hydrogen-bond acceptors (Lipinski definition) is 5. The second-order valence-electron chi connectivity index (χ2n) is 5.31. The van der Waals surface area contributed by atoms with Crippen LogP contribution in [0.25, 0.3) is 0 Å². The van der Waals surface area contributed by atoms with Crippen molar-refractivity contribution in [2.24, 2.45) is 0 Å². The van der Waals surface area contributed by atoms with Gasteiger partial charge in [-0.2, -0.15) is 18.3 Å². The van der Waals surface area contributed by atoms with Crippen molar-refractivity contribution in [2.45, 2.75) is 12.7 Å². The highest BCUT2D eigenvalue weighted by molar-refractivity contribution is 7.13. The summed E-state index contributed by atoms with van der Waals surface area (Å²) in [7, 11) is 0. The molecule has 0 saturated heterocycles. The third kappa shape index (κ3) is 4.91. The Bertz CT molecular complexity index is 936. The first kappa shape index (κ1) is 18.6. The van der Waals surface area contributed by atoms with E-state index in [-0.39, 0.29) is 12.5 Å². The number of carbonyl (C=O) groups excluding carboxylic acids is 2. The van der Waals surface area contributed by atoms with Crippen molar-refractivity contribution < 1.29 is 22.8 Å².